The SMILES string of the molecule is CCOc1cccc(CC(C)C(N)=S)c1O. The number of phenols is 1. The molecule has 0 radical (unpaired) electrons. The van der Waals surface area contributed by atoms with Crippen LogP contribution in [0.1, 0.15) is 19.4 Å². The fourth-order valence-electron chi connectivity index (χ4n) is 1.43. The molecule has 0 aliphatic carbocycles. The van der Waals surface area contributed by atoms with Crippen molar-refractivity contribution in [2.75, 3.05) is 6.61 Å². The van der Waals surface area contributed by atoms with Gasteiger partial charge in [0.2, 0.25) is 0 Å². The van der Waals surface area contributed by atoms with E-state index in [-0.39, 0.29) is 11.7 Å². The van der Waals surface area contributed by atoms with Gasteiger partial charge in [0.1, 0.15) is 0 Å². The molecule has 0 aromatic heterocycles. The number of hydrogen-bond donors (Lipinski definition) is 2. The highest BCUT2D eigenvalue weighted by Gasteiger charge is 2.12. The standard InChI is InChI=1S/C12H17NO2S/c1-3-15-10-6-4-5-9(11(10)14)7-8(2)12(13)16/h4-6,8,14H,3,7H2,1-2H3,(H2,13,16). The first-order valence-corrected chi connectivity index (χ1v) is 5.70. The van der Waals surface area contributed by atoms with Crippen molar-refractivity contribution >= 4 is 17.2 Å². The monoisotopic (exact) mass is 239 g/mol. The van der Waals surface area contributed by atoms with Gasteiger partial charge in [-0.15, -0.1) is 0 Å². The lowest BCUT2D eigenvalue weighted by atomic mass is 10.00. The van der Waals surface area contributed by atoms with E-state index >= 15 is 0 Å². The molecule has 0 heterocycles. The van der Waals surface area contributed by atoms with Crippen molar-refractivity contribution in [2.45, 2.75) is 20.3 Å². The van der Waals surface area contributed by atoms with E-state index in [1.807, 2.05) is 26.0 Å². The Kier molecular flexibility index (Phi) is 4.55. The average Bonchev–Trinajstić information content (AvgIpc) is 2.24. The first-order valence-electron chi connectivity index (χ1n) is 5.29. The molecule has 3 N–H and O–H groups in total. The Hall–Kier alpha value is -1.29. The normalized spacial score (nSPS) is 12.1. The Bertz CT molecular complexity index is 379. The van der Waals surface area contributed by atoms with Crippen LogP contribution in [0.25, 0.3) is 0 Å². The van der Waals surface area contributed by atoms with Crippen LogP contribution < -0.4 is 10.5 Å². The van der Waals surface area contributed by atoms with Crippen LogP contribution >= 0.6 is 12.2 Å². The van der Waals surface area contributed by atoms with Crippen LogP contribution in [0.3, 0.4) is 0 Å². The molecule has 1 atom stereocenters. The molecule has 0 fully saturated rings. The van der Waals surface area contributed by atoms with Gasteiger partial charge in [0.25, 0.3) is 0 Å². The van der Waals surface area contributed by atoms with Crippen molar-refractivity contribution in [3.63, 3.8) is 0 Å². The van der Waals surface area contributed by atoms with Crippen LogP contribution in [0, 0.1) is 5.92 Å². The predicted molar refractivity (Wildman–Crippen MR) is 68.9 cm³/mol. The van der Waals surface area contributed by atoms with Gasteiger partial charge in [-0.05, 0) is 25.0 Å². The summed E-state index contributed by atoms with van der Waals surface area (Å²) >= 11 is 4.91. The van der Waals surface area contributed by atoms with Crippen molar-refractivity contribution in [3.05, 3.63) is 23.8 Å². The molecule has 0 spiro atoms. The first kappa shape index (κ1) is 12.8. The minimum atomic E-state index is 0.0674. The number of benzene rings is 1. The Morgan fingerprint density at radius 1 is 1.56 bits per heavy atom. The molecule has 0 saturated heterocycles. The number of thiocarbonyl (C=S) groups is 1. The molecule has 1 unspecified atom stereocenters. The third-order valence-corrected chi connectivity index (χ3v) is 2.80. The largest absolute Gasteiger partial charge is 0.504 e. The second-order valence-corrected chi connectivity index (χ2v) is 4.18. The van der Waals surface area contributed by atoms with Gasteiger partial charge in [-0.1, -0.05) is 31.3 Å². The zero-order chi connectivity index (χ0) is 12.1. The Morgan fingerprint density at radius 3 is 2.81 bits per heavy atom. The van der Waals surface area contributed by atoms with Crippen LogP contribution in [0.2, 0.25) is 0 Å². The fourth-order valence-corrected chi connectivity index (χ4v) is 1.52. The van der Waals surface area contributed by atoms with Gasteiger partial charge >= 0.3 is 0 Å². The van der Waals surface area contributed by atoms with Crippen molar-refractivity contribution in [2.24, 2.45) is 11.7 Å². The molecule has 16 heavy (non-hydrogen) atoms. The summed E-state index contributed by atoms with van der Waals surface area (Å²) < 4.78 is 5.31. The van der Waals surface area contributed by atoms with Crippen LogP contribution in [-0.4, -0.2) is 16.7 Å². The van der Waals surface area contributed by atoms with Crippen molar-refractivity contribution in [3.8, 4) is 11.5 Å². The summed E-state index contributed by atoms with van der Waals surface area (Å²) in [5.74, 6) is 0.764. The molecule has 4 heteroatoms. The summed E-state index contributed by atoms with van der Waals surface area (Å²) in [6.45, 7) is 4.35. The highest BCUT2D eigenvalue weighted by Crippen LogP contribution is 2.31. The molecule has 0 aliphatic heterocycles. The molecule has 0 saturated carbocycles. The van der Waals surface area contributed by atoms with Gasteiger partial charge in [0.05, 0.1) is 11.6 Å². The van der Waals surface area contributed by atoms with Crippen molar-refractivity contribution in [1.29, 1.82) is 0 Å². The van der Waals surface area contributed by atoms with Crippen molar-refractivity contribution in [1.82, 2.24) is 0 Å². The van der Waals surface area contributed by atoms with Gasteiger partial charge in [0, 0.05) is 5.92 Å². The molecule has 0 aliphatic rings. The number of nitrogens with two attached hydrogens (primary N) is 1. The second kappa shape index (κ2) is 5.70. The average molecular weight is 239 g/mol. The number of hydrogen-bond acceptors (Lipinski definition) is 3. The minimum absolute atomic E-state index is 0.0674. The first-order chi connectivity index (χ1) is 7.56. The number of phenolic OH excluding ortho intramolecular Hbond substituents is 1. The highest BCUT2D eigenvalue weighted by atomic mass is 32.1. The molecule has 3 nitrogen and oxygen atoms in total. The molecule has 1 aromatic carbocycles. The summed E-state index contributed by atoms with van der Waals surface area (Å²) in [6.07, 6.45) is 0.627. The molecule has 1 rings (SSSR count). The summed E-state index contributed by atoms with van der Waals surface area (Å²) in [4.78, 5) is 0.459. The minimum Gasteiger partial charge on any atom is -0.504 e. The van der Waals surface area contributed by atoms with E-state index in [1.165, 1.54) is 0 Å². The van der Waals surface area contributed by atoms with Gasteiger partial charge < -0.3 is 15.6 Å². The molecule has 88 valence electrons. The van der Waals surface area contributed by atoms with Gasteiger partial charge in [-0.3, -0.25) is 0 Å². The Labute approximate surface area is 101 Å². The van der Waals surface area contributed by atoms with E-state index in [4.69, 9.17) is 22.7 Å². The van der Waals surface area contributed by atoms with E-state index in [2.05, 4.69) is 0 Å². The lowest BCUT2D eigenvalue weighted by Crippen LogP contribution is -2.20. The molecule has 1 aromatic rings. The van der Waals surface area contributed by atoms with Crippen LogP contribution in [0.5, 0.6) is 11.5 Å². The Morgan fingerprint density at radius 2 is 2.25 bits per heavy atom. The second-order valence-electron chi connectivity index (χ2n) is 3.70. The maximum atomic E-state index is 9.94. The smallest absolute Gasteiger partial charge is 0.161 e. The van der Waals surface area contributed by atoms with Gasteiger partial charge in [-0.25, -0.2) is 0 Å². The van der Waals surface area contributed by atoms with Crippen LogP contribution in [0.15, 0.2) is 18.2 Å². The molecular formula is C12H17NO2S. The van der Waals surface area contributed by atoms with Gasteiger partial charge in [0.15, 0.2) is 11.5 Å². The molecule has 0 amide bonds. The van der Waals surface area contributed by atoms with E-state index in [0.29, 0.717) is 23.8 Å². The van der Waals surface area contributed by atoms with Crippen LogP contribution in [-0.2, 0) is 6.42 Å². The molecule has 0 bridgehead atoms. The lowest BCUT2D eigenvalue weighted by Gasteiger charge is -2.13. The fraction of sp³-hybridized carbons (Fsp3) is 0.417. The summed E-state index contributed by atoms with van der Waals surface area (Å²) in [5, 5.41) is 9.94. The number of rotatable bonds is 5. The number of para-hydroxylation sites is 1. The topological polar surface area (TPSA) is 55.5 Å². The van der Waals surface area contributed by atoms with Crippen molar-refractivity contribution < 1.29 is 9.84 Å². The lowest BCUT2D eigenvalue weighted by molar-refractivity contribution is 0.316. The summed E-state index contributed by atoms with van der Waals surface area (Å²) in [6, 6.07) is 5.45. The highest BCUT2D eigenvalue weighted by molar-refractivity contribution is 7.80. The maximum absolute atomic E-state index is 9.94. The number of aromatic hydroxyl groups is 1. The number of ether oxygens (including phenoxy) is 1. The van der Waals surface area contributed by atoms with E-state index in [9.17, 15) is 5.11 Å². The third kappa shape index (κ3) is 3.10. The third-order valence-electron chi connectivity index (χ3n) is 2.39. The predicted octanol–water partition coefficient (Wildman–Crippen LogP) is 2.26. The quantitative estimate of drug-likeness (QED) is 0.774. The summed E-state index contributed by atoms with van der Waals surface area (Å²) in [7, 11) is 0. The van der Waals surface area contributed by atoms with Crippen LogP contribution in [0.4, 0.5) is 0 Å². The maximum Gasteiger partial charge on any atom is 0.161 e. The van der Waals surface area contributed by atoms with E-state index < -0.39 is 0 Å². The molecular weight excluding hydrogens is 222 g/mol. The zero-order valence-electron chi connectivity index (χ0n) is 9.56. The summed E-state index contributed by atoms with van der Waals surface area (Å²) in [5.41, 5.74) is 6.36. The Balaban J connectivity index is 2.88. The van der Waals surface area contributed by atoms with Gasteiger partial charge in [-0.2, -0.15) is 0 Å². The van der Waals surface area contributed by atoms with E-state index in [0.717, 1.165) is 5.56 Å². The van der Waals surface area contributed by atoms with E-state index in [1.54, 1.807) is 6.07 Å². The zero-order valence-corrected chi connectivity index (χ0v) is 10.4.